The summed E-state index contributed by atoms with van der Waals surface area (Å²) in [6.07, 6.45) is 1.15. The SMILES string of the molecule is CCC(CC)(NC(=O)CC1CSCCN1)C(=O)O. The van der Waals surface area contributed by atoms with Crippen molar-refractivity contribution in [2.24, 2.45) is 0 Å². The molecule has 1 amide bonds. The van der Waals surface area contributed by atoms with E-state index in [0.29, 0.717) is 19.3 Å². The fourth-order valence-corrected chi connectivity index (χ4v) is 3.02. The van der Waals surface area contributed by atoms with Crippen molar-refractivity contribution >= 4 is 23.6 Å². The van der Waals surface area contributed by atoms with Crippen LogP contribution in [0.1, 0.15) is 33.1 Å². The third-order valence-electron chi connectivity index (χ3n) is 3.43. The molecule has 1 saturated heterocycles. The van der Waals surface area contributed by atoms with Gasteiger partial charge in [-0.1, -0.05) is 13.8 Å². The summed E-state index contributed by atoms with van der Waals surface area (Å²) in [4.78, 5) is 23.2. The van der Waals surface area contributed by atoms with Crippen LogP contribution in [0.2, 0.25) is 0 Å². The van der Waals surface area contributed by atoms with Gasteiger partial charge < -0.3 is 15.7 Å². The average molecular weight is 274 g/mol. The maximum absolute atomic E-state index is 11.9. The lowest BCUT2D eigenvalue weighted by atomic mass is 9.92. The number of carbonyl (C=O) groups excluding carboxylic acids is 1. The highest BCUT2D eigenvalue weighted by molar-refractivity contribution is 7.99. The second kappa shape index (κ2) is 6.99. The summed E-state index contributed by atoms with van der Waals surface area (Å²) in [6, 6.07) is 0.156. The average Bonchev–Trinajstić information content (AvgIpc) is 2.37. The van der Waals surface area contributed by atoms with Crippen molar-refractivity contribution in [3.63, 3.8) is 0 Å². The summed E-state index contributed by atoms with van der Waals surface area (Å²) in [6.45, 7) is 4.48. The van der Waals surface area contributed by atoms with Gasteiger partial charge in [-0.05, 0) is 12.8 Å². The van der Waals surface area contributed by atoms with E-state index in [0.717, 1.165) is 18.1 Å². The van der Waals surface area contributed by atoms with Crippen LogP contribution in [-0.2, 0) is 9.59 Å². The Labute approximate surface area is 112 Å². The molecule has 1 fully saturated rings. The number of carboxylic acids is 1. The minimum atomic E-state index is -1.11. The van der Waals surface area contributed by atoms with Crippen molar-refractivity contribution in [1.29, 1.82) is 0 Å². The van der Waals surface area contributed by atoms with Gasteiger partial charge in [0.2, 0.25) is 5.91 Å². The standard InChI is InChI=1S/C12H22N2O3S/c1-3-12(4-2,11(16)17)14-10(15)7-9-8-18-6-5-13-9/h9,13H,3-8H2,1-2H3,(H,14,15)(H,16,17). The molecule has 18 heavy (non-hydrogen) atoms. The van der Waals surface area contributed by atoms with E-state index in [1.54, 1.807) is 13.8 Å². The molecular weight excluding hydrogens is 252 g/mol. The fourth-order valence-electron chi connectivity index (χ4n) is 2.08. The Balaban J connectivity index is 2.53. The van der Waals surface area contributed by atoms with Crippen LogP contribution in [0.4, 0.5) is 0 Å². The zero-order valence-corrected chi connectivity index (χ0v) is 11.8. The summed E-state index contributed by atoms with van der Waals surface area (Å²) in [5.41, 5.74) is -1.11. The van der Waals surface area contributed by atoms with E-state index in [-0.39, 0.29) is 11.9 Å². The predicted molar refractivity (Wildman–Crippen MR) is 72.8 cm³/mol. The van der Waals surface area contributed by atoms with Crippen molar-refractivity contribution in [3.8, 4) is 0 Å². The van der Waals surface area contributed by atoms with E-state index in [1.807, 2.05) is 11.8 Å². The van der Waals surface area contributed by atoms with E-state index < -0.39 is 11.5 Å². The van der Waals surface area contributed by atoms with Crippen LogP contribution < -0.4 is 10.6 Å². The van der Waals surface area contributed by atoms with Crippen LogP contribution in [0.3, 0.4) is 0 Å². The highest BCUT2D eigenvalue weighted by Crippen LogP contribution is 2.17. The van der Waals surface area contributed by atoms with Gasteiger partial charge in [0.1, 0.15) is 5.54 Å². The number of amides is 1. The van der Waals surface area contributed by atoms with Crippen LogP contribution in [0, 0.1) is 0 Å². The summed E-state index contributed by atoms with van der Waals surface area (Å²) < 4.78 is 0. The monoisotopic (exact) mass is 274 g/mol. The highest BCUT2D eigenvalue weighted by Gasteiger charge is 2.36. The third kappa shape index (κ3) is 3.88. The van der Waals surface area contributed by atoms with Crippen LogP contribution in [-0.4, -0.2) is 46.6 Å². The molecule has 0 aromatic carbocycles. The maximum atomic E-state index is 11.9. The molecular formula is C12H22N2O3S. The Morgan fingerprint density at radius 1 is 1.44 bits per heavy atom. The molecule has 104 valence electrons. The summed E-state index contributed by atoms with van der Waals surface area (Å²) >= 11 is 1.82. The molecule has 1 unspecified atom stereocenters. The molecule has 0 saturated carbocycles. The number of nitrogens with one attached hydrogen (secondary N) is 2. The van der Waals surface area contributed by atoms with E-state index >= 15 is 0 Å². The Kier molecular flexibility index (Phi) is 5.95. The van der Waals surface area contributed by atoms with Crippen molar-refractivity contribution in [1.82, 2.24) is 10.6 Å². The van der Waals surface area contributed by atoms with Crippen LogP contribution in [0.5, 0.6) is 0 Å². The normalized spacial score (nSPS) is 20.4. The molecule has 0 aliphatic carbocycles. The Morgan fingerprint density at radius 2 is 2.11 bits per heavy atom. The first-order chi connectivity index (χ1) is 8.54. The molecule has 0 aromatic rings. The summed E-state index contributed by atoms with van der Waals surface area (Å²) in [5.74, 6) is 0.847. The first-order valence-corrected chi connectivity index (χ1v) is 7.55. The van der Waals surface area contributed by atoms with Gasteiger partial charge in [0.25, 0.3) is 0 Å². The molecule has 0 bridgehead atoms. The smallest absolute Gasteiger partial charge is 0.329 e. The van der Waals surface area contributed by atoms with Gasteiger partial charge in [-0.2, -0.15) is 11.8 Å². The van der Waals surface area contributed by atoms with Gasteiger partial charge in [-0.25, -0.2) is 4.79 Å². The van der Waals surface area contributed by atoms with Gasteiger partial charge in [0.15, 0.2) is 0 Å². The number of carboxylic acid groups (broad SMARTS) is 1. The molecule has 0 radical (unpaired) electrons. The molecule has 6 heteroatoms. The van der Waals surface area contributed by atoms with Crippen molar-refractivity contribution in [2.75, 3.05) is 18.1 Å². The molecule has 1 aliphatic rings. The Morgan fingerprint density at radius 3 is 2.56 bits per heavy atom. The number of aliphatic carboxylic acids is 1. The van der Waals surface area contributed by atoms with E-state index in [2.05, 4.69) is 10.6 Å². The number of carbonyl (C=O) groups is 2. The molecule has 0 spiro atoms. The fraction of sp³-hybridized carbons (Fsp3) is 0.833. The van der Waals surface area contributed by atoms with E-state index in [1.165, 1.54) is 0 Å². The van der Waals surface area contributed by atoms with Gasteiger partial charge in [0, 0.05) is 30.5 Å². The molecule has 0 aromatic heterocycles. The third-order valence-corrected chi connectivity index (χ3v) is 4.56. The topological polar surface area (TPSA) is 78.4 Å². The van der Waals surface area contributed by atoms with Crippen LogP contribution >= 0.6 is 11.8 Å². The van der Waals surface area contributed by atoms with Crippen molar-refractivity contribution in [2.45, 2.75) is 44.7 Å². The minimum Gasteiger partial charge on any atom is -0.480 e. The lowest BCUT2D eigenvalue weighted by Gasteiger charge is -2.29. The zero-order chi connectivity index (χ0) is 13.6. The molecule has 1 heterocycles. The predicted octanol–water partition coefficient (Wildman–Crippen LogP) is 0.841. The zero-order valence-electron chi connectivity index (χ0n) is 11.0. The lowest BCUT2D eigenvalue weighted by Crippen LogP contribution is -2.55. The summed E-state index contributed by atoms with van der Waals surface area (Å²) in [5, 5.41) is 15.2. The number of thioether (sulfide) groups is 1. The number of rotatable bonds is 6. The minimum absolute atomic E-state index is 0.156. The van der Waals surface area contributed by atoms with Gasteiger partial charge in [-0.15, -0.1) is 0 Å². The molecule has 1 atom stereocenters. The molecule has 1 rings (SSSR count). The lowest BCUT2D eigenvalue weighted by molar-refractivity contribution is -0.148. The van der Waals surface area contributed by atoms with E-state index in [4.69, 9.17) is 0 Å². The maximum Gasteiger partial charge on any atom is 0.329 e. The van der Waals surface area contributed by atoms with Gasteiger partial charge >= 0.3 is 5.97 Å². The second-order valence-electron chi connectivity index (χ2n) is 4.57. The molecule has 1 aliphatic heterocycles. The van der Waals surface area contributed by atoms with Crippen LogP contribution in [0.15, 0.2) is 0 Å². The van der Waals surface area contributed by atoms with E-state index in [9.17, 15) is 14.7 Å². The van der Waals surface area contributed by atoms with Gasteiger partial charge in [0.05, 0.1) is 0 Å². The quantitative estimate of drug-likeness (QED) is 0.669. The first kappa shape index (κ1) is 15.3. The number of hydrogen-bond acceptors (Lipinski definition) is 4. The van der Waals surface area contributed by atoms with Crippen molar-refractivity contribution < 1.29 is 14.7 Å². The Bertz CT molecular complexity index is 300. The van der Waals surface area contributed by atoms with Crippen LogP contribution in [0.25, 0.3) is 0 Å². The molecule has 3 N–H and O–H groups in total. The first-order valence-electron chi connectivity index (χ1n) is 6.39. The second-order valence-corrected chi connectivity index (χ2v) is 5.72. The summed E-state index contributed by atoms with van der Waals surface area (Å²) in [7, 11) is 0. The Hall–Kier alpha value is -0.750. The highest BCUT2D eigenvalue weighted by atomic mass is 32.2. The number of hydrogen-bond donors (Lipinski definition) is 3. The van der Waals surface area contributed by atoms with Crippen molar-refractivity contribution in [3.05, 3.63) is 0 Å². The molecule has 5 nitrogen and oxygen atoms in total. The van der Waals surface area contributed by atoms with Gasteiger partial charge in [-0.3, -0.25) is 4.79 Å². The largest absolute Gasteiger partial charge is 0.480 e.